The number of imide groups is 1. The van der Waals surface area contributed by atoms with Gasteiger partial charge < -0.3 is 19.7 Å². The fourth-order valence-corrected chi connectivity index (χ4v) is 3.28. The Morgan fingerprint density at radius 1 is 1.30 bits per heavy atom. The van der Waals surface area contributed by atoms with Gasteiger partial charge in [0.1, 0.15) is 18.0 Å². The van der Waals surface area contributed by atoms with E-state index >= 15 is 0 Å². The van der Waals surface area contributed by atoms with Crippen LogP contribution in [0.1, 0.15) is 17.0 Å². The lowest BCUT2D eigenvalue weighted by molar-refractivity contribution is -0.384. The molecule has 1 aromatic heterocycles. The van der Waals surface area contributed by atoms with Gasteiger partial charge in [0.05, 0.1) is 17.7 Å². The molecular weight excluding hydrogens is 396 g/mol. The second-order valence-electron chi connectivity index (χ2n) is 6.55. The van der Waals surface area contributed by atoms with Gasteiger partial charge in [0.15, 0.2) is 0 Å². The monoisotopic (exact) mass is 414 g/mol. The normalized spacial score (nSPS) is 14.9. The maximum atomic E-state index is 12.4. The van der Waals surface area contributed by atoms with Crippen LogP contribution in [0.15, 0.2) is 30.0 Å². The predicted octanol–water partition coefficient (Wildman–Crippen LogP) is 1.99. The van der Waals surface area contributed by atoms with Gasteiger partial charge in [0, 0.05) is 23.5 Å². The van der Waals surface area contributed by atoms with Crippen LogP contribution in [0.4, 0.5) is 10.5 Å². The number of hydrogen-bond acceptors (Lipinski definition) is 6. The highest BCUT2D eigenvalue weighted by Gasteiger charge is 2.35. The summed E-state index contributed by atoms with van der Waals surface area (Å²) in [6.45, 7) is 2.78. The lowest BCUT2D eigenvalue weighted by Gasteiger charge is -2.13. The van der Waals surface area contributed by atoms with Gasteiger partial charge in [-0.05, 0) is 37.6 Å². The third kappa shape index (κ3) is 3.60. The van der Waals surface area contributed by atoms with E-state index in [0.29, 0.717) is 33.3 Å². The highest BCUT2D eigenvalue weighted by Crippen LogP contribution is 2.32. The molecular formula is C19H18N4O7. The van der Waals surface area contributed by atoms with Gasteiger partial charge in [0.2, 0.25) is 0 Å². The number of nitro benzene ring substituents is 1. The Morgan fingerprint density at radius 3 is 2.60 bits per heavy atom. The number of non-ortho nitro benzene ring substituents is 1. The molecule has 0 atom stereocenters. The number of nitrogens with zero attached hydrogens (tertiary/aromatic N) is 3. The quantitative estimate of drug-likeness (QED) is 0.318. The van der Waals surface area contributed by atoms with E-state index in [1.165, 1.54) is 31.4 Å². The van der Waals surface area contributed by atoms with Crippen LogP contribution in [0.2, 0.25) is 0 Å². The van der Waals surface area contributed by atoms with Crippen molar-refractivity contribution in [1.82, 2.24) is 14.8 Å². The fraction of sp³-hybridized carbons (Fsp3) is 0.211. The molecule has 30 heavy (non-hydrogen) atoms. The number of urea groups is 1. The van der Waals surface area contributed by atoms with Gasteiger partial charge >= 0.3 is 12.0 Å². The molecule has 0 aliphatic carbocycles. The molecule has 0 radical (unpaired) electrons. The molecule has 11 heteroatoms. The summed E-state index contributed by atoms with van der Waals surface area (Å²) in [5, 5.41) is 22.4. The molecule has 11 nitrogen and oxygen atoms in total. The third-order valence-corrected chi connectivity index (χ3v) is 4.64. The minimum atomic E-state index is -1.31. The maximum Gasteiger partial charge on any atom is 0.329 e. The Hall–Kier alpha value is -4.15. The number of aliphatic carboxylic acids is 1. The highest BCUT2D eigenvalue weighted by atomic mass is 16.6. The molecule has 1 saturated heterocycles. The molecule has 3 rings (SSSR count). The number of hydrogen-bond donors (Lipinski definition) is 2. The number of carbonyl (C=O) groups excluding carboxylic acids is 2. The minimum Gasteiger partial charge on any atom is -0.495 e. The van der Waals surface area contributed by atoms with Crippen molar-refractivity contribution in [2.45, 2.75) is 13.8 Å². The number of nitro groups is 1. The number of aromatic nitrogens is 1. The van der Waals surface area contributed by atoms with Gasteiger partial charge in [-0.25, -0.2) is 9.69 Å². The Kier molecular flexibility index (Phi) is 5.28. The lowest BCUT2D eigenvalue weighted by Crippen LogP contribution is -2.35. The van der Waals surface area contributed by atoms with Gasteiger partial charge in [-0.1, -0.05) is 0 Å². The summed E-state index contributed by atoms with van der Waals surface area (Å²) in [6, 6.07) is 5.13. The van der Waals surface area contributed by atoms with E-state index in [1.54, 1.807) is 24.5 Å². The van der Waals surface area contributed by atoms with Crippen molar-refractivity contribution in [2.24, 2.45) is 0 Å². The van der Waals surface area contributed by atoms with Crippen LogP contribution in [0, 0.1) is 24.0 Å². The second-order valence-corrected chi connectivity index (χ2v) is 6.55. The van der Waals surface area contributed by atoms with E-state index in [4.69, 9.17) is 9.84 Å². The van der Waals surface area contributed by atoms with Gasteiger partial charge in [-0.15, -0.1) is 0 Å². The molecule has 0 unspecified atom stereocenters. The molecule has 1 aliphatic rings. The van der Waals surface area contributed by atoms with Crippen molar-refractivity contribution in [3.8, 4) is 11.4 Å². The summed E-state index contributed by atoms with van der Waals surface area (Å²) in [4.78, 5) is 46.4. The number of rotatable bonds is 6. The first-order valence-corrected chi connectivity index (χ1v) is 8.72. The number of benzene rings is 1. The van der Waals surface area contributed by atoms with Crippen LogP contribution in [-0.4, -0.2) is 51.1 Å². The smallest absolute Gasteiger partial charge is 0.329 e. The SMILES string of the molecule is COc1ccc([N+](=O)[O-])cc1-n1c(C)cc(/C=C2/NC(=O)N(CC(=O)O)C2=O)c1C. The molecule has 0 bridgehead atoms. The Labute approximate surface area is 170 Å². The average molecular weight is 414 g/mol. The van der Waals surface area contributed by atoms with Gasteiger partial charge in [0.25, 0.3) is 11.6 Å². The Bertz CT molecular complexity index is 1120. The number of carboxylic acids is 1. The van der Waals surface area contributed by atoms with Gasteiger partial charge in [-0.2, -0.15) is 0 Å². The highest BCUT2D eigenvalue weighted by molar-refractivity contribution is 6.15. The molecule has 2 N–H and O–H groups in total. The van der Waals surface area contributed by atoms with Crippen LogP contribution in [0.5, 0.6) is 5.75 Å². The lowest BCUT2D eigenvalue weighted by atomic mass is 10.2. The molecule has 156 valence electrons. The number of amides is 3. The summed E-state index contributed by atoms with van der Waals surface area (Å²) in [6.07, 6.45) is 1.44. The zero-order chi connectivity index (χ0) is 22.2. The van der Waals surface area contributed by atoms with Crippen LogP contribution >= 0.6 is 0 Å². The molecule has 0 spiro atoms. The standard InChI is InChI=1S/C19H18N4O7/c1-10-6-12(7-14-18(26)21(9-17(24)25)19(27)20-14)11(2)22(10)15-8-13(23(28)29)4-5-16(15)30-3/h4-8H,9H2,1-3H3,(H,20,27)(H,24,25)/b14-7+. The van der Waals surface area contributed by atoms with E-state index in [9.17, 15) is 24.5 Å². The van der Waals surface area contributed by atoms with Crippen LogP contribution in [0.25, 0.3) is 11.8 Å². The first-order chi connectivity index (χ1) is 14.1. The summed E-state index contributed by atoms with van der Waals surface area (Å²) in [7, 11) is 1.45. The molecule has 1 aromatic carbocycles. The molecule has 2 aromatic rings. The van der Waals surface area contributed by atoms with Crippen LogP contribution in [-0.2, 0) is 9.59 Å². The van der Waals surface area contributed by atoms with Crippen molar-refractivity contribution in [2.75, 3.05) is 13.7 Å². The number of carboxylic acid groups (broad SMARTS) is 1. The minimum absolute atomic E-state index is 0.0625. The third-order valence-electron chi connectivity index (χ3n) is 4.64. The van der Waals surface area contributed by atoms with Crippen LogP contribution in [0.3, 0.4) is 0 Å². The molecule has 2 heterocycles. The molecule has 1 aliphatic heterocycles. The summed E-state index contributed by atoms with van der Waals surface area (Å²) in [5.41, 5.74) is 2.19. The van der Waals surface area contributed by atoms with E-state index in [2.05, 4.69) is 5.32 Å². The Morgan fingerprint density at radius 2 is 2.00 bits per heavy atom. The van der Waals surface area contributed by atoms with E-state index in [1.807, 2.05) is 0 Å². The van der Waals surface area contributed by atoms with Crippen molar-refractivity contribution >= 4 is 29.7 Å². The topological polar surface area (TPSA) is 144 Å². The Balaban J connectivity index is 2.06. The number of aryl methyl sites for hydroxylation is 1. The van der Waals surface area contributed by atoms with Crippen LogP contribution < -0.4 is 10.1 Å². The number of methoxy groups -OCH3 is 1. The fourth-order valence-electron chi connectivity index (χ4n) is 3.28. The number of carbonyl (C=O) groups is 3. The maximum absolute atomic E-state index is 12.4. The van der Waals surface area contributed by atoms with Crippen molar-refractivity contribution in [1.29, 1.82) is 0 Å². The van der Waals surface area contributed by atoms with Crippen molar-refractivity contribution in [3.63, 3.8) is 0 Å². The summed E-state index contributed by atoms with van der Waals surface area (Å²) >= 11 is 0. The van der Waals surface area contributed by atoms with Crippen molar-refractivity contribution in [3.05, 3.63) is 57.0 Å². The van der Waals surface area contributed by atoms with E-state index in [-0.39, 0.29) is 11.4 Å². The van der Waals surface area contributed by atoms with Gasteiger partial charge in [-0.3, -0.25) is 19.7 Å². The van der Waals surface area contributed by atoms with Crippen molar-refractivity contribution < 1.29 is 29.2 Å². The largest absolute Gasteiger partial charge is 0.495 e. The molecule has 3 amide bonds. The average Bonchev–Trinajstić information content (AvgIpc) is 3.10. The second kappa shape index (κ2) is 7.70. The zero-order valence-corrected chi connectivity index (χ0v) is 16.3. The van der Waals surface area contributed by atoms with E-state index in [0.717, 1.165) is 0 Å². The molecule has 0 saturated carbocycles. The number of ether oxygens (including phenoxy) is 1. The summed E-state index contributed by atoms with van der Waals surface area (Å²) < 4.78 is 7.07. The number of nitrogens with one attached hydrogen (secondary N) is 1. The van der Waals surface area contributed by atoms with E-state index < -0.39 is 29.4 Å². The first kappa shape index (κ1) is 20.6. The first-order valence-electron chi connectivity index (χ1n) is 8.72. The molecule has 1 fully saturated rings. The predicted molar refractivity (Wildman–Crippen MR) is 104 cm³/mol. The summed E-state index contributed by atoms with van der Waals surface area (Å²) in [5.74, 6) is -1.64. The zero-order valence-electron chi connectivity index (χ0n) is 16.3.